The highest BCUT2D eigenvalue weighted by atomic mass is 19.1. The fourth-order valence-corrected chi connectivity index (χ4v) is 3.81. The van der Waals surface area contributed by atoms with Crippen molar-refractivity contribution in [3.05, 3.63) is 60.2 Å². The number of halogens is 1. The summed E-state index contributed by atoms with van der Waals surface area (Å²) >= 11 is 0. The average Bonchev–Trinajstić information content (AvgIpc) is 2.89. The van der Waals surface area contributed by atoms with Crippen LogP contribution < -0.4 is 15.5 Å². The maximum absolute atomic E-state index is 14.5. The number of rotatable bonds is 3. The summed E-state index contributed by atoms with van der Waals surface area (Å²) in [5, 5.41) is 6.36. The van der Waals surface area contributed by atoms with Crippen LogP contribution in [0.4, 0.5) is 26.4 Å². The molecule has 4 heterocycles. The summed E-state index contributed by atoms with van der Waals surface area (Å²) in [7, 11) is 0. The molecule has 0 radical (unpaired) electrons. The van der Waals surface area contributed by atoms with Crippen molar-refractivity contribution in [2.75, 3.05) is 22.1 Å². The van der Waals surface area contributed by atoms with E-state index in [2.05, 4.69) is 27.5 Å². The topological polar surface area (TPSA) is 83.0 Å². The van der Waals surface area contributed by atoms with Crippen LogP contribution in [-0.4, -0.2) is 33.6 Å². The first-order valence-corrected chi connectivity index (χ1v) is 11.0. The van der Waals surface area contributed by atoms with Gasteiger partial charge in [0, 0.05) is 42.3 Å². The molecule has 1 aliphatic rings. The number of fused-ring (bicyclic) bond motifs is 1. The number of pyridine rings is 3. The standard InChI is InChI=1S/C25H29FN6O/c1-15-8-20(14-27-10-15)30-24(33)32-17(3)16(2)11-29-22-7-6-21(31-23(22)32)18-9-19(13-28-12-18)25(4,5)26/h6-10,12-14,16-17,29H,11H2,1-5H3,(H,30,33)/t16-,17-/m1/s1. The number of urea groups is 1. The quantitative estimate of drug-likeness (QED) is 0.550. The van der Waals surface area contributed by atoms with Crippen LogP contribution >= 0.6 is 0 Å². The molecule has 4 rings (SSSR count). The molecule has 33 heavy (non-hydrogen) atoms. The number of hydrogen-bond donors (Lipinski definition) is 2. The Morgan fingerprint density at radius 2 is 1.91 bits per heavy atom. The van der Waals surface area contributed by atoms with Crippen molar-refractivity contribution in [1.82, 2.24) is 15.0 Å². The molecule has 0 spiro atoms. The van der Waals surface area contributed by atoms with Crippen molar-refractivity contribution >= 4 is 23.2 Å². The van der Waals surface area contributed by atoms with Crippen molar-refractivity contribution in [1.29, 1.82) is 0 Å². The molecule has 0 saturated heterocycles. The molecule has 3 aromatic rings. The molecule has 2 N–H and O–H groups in total. The van der Waals surface area contributed by atoms with E-state index in [4.69, 9.17) is 4.98 Å². The Morgan fingerprint density at radius 3 is 2.64 bits per heavy atom. The van der Waals surface area contributed by atoms with Gasteiger partial charge in [-0.1, -0.05) is 6.92 Å². The number of hydrogen-bond acceptors (Lipinski definition) is 5. The monoisotopic (exact) mass is 448 g/mol. The van der Waals surface area contributed by atoms with Gasteiger partial charge in [0.25, 0.3) is 0 Å². The predicted octanol–water partition coefficient (Wildman–Crippen LogP) is 5.54. The highest BCUT2D eigenvalue weighted by Crippen LogP contribution is 2.35. The number of carbonyl (C=O) groups is 1. The summed E-state index contributed by atoms with van der Waals surface area (Å²) in [5.41, 5.74) is 2.60. The Bertz CT molecular complexity index is 1180. The highest BCUT2D eigenvalue weighted by Gasteiger charge is 2.32. The fourth-order valence-electron chi connectivity index (χ4n) is 3.81. The van der Waals surface area contributed by atoms with Gasteiger partial charge in [-0.15, -0.1) is 0 Å². The van der Waals surface area contributed by atoms with Crippen LogP contribution in [0.3, 0.4) is 0 Å². The van der Waals surface area contributed by atoms with E-state index in [0.717, 1.165) is 11.3 Å². The van der Waals surface area contributed by atoms with E-state index in [1.807, 2.05) is 32.0 Å². The van der Waals surface area contributed by atoms with Crippen molar-refractivity contribution in [2.24, 2.45) is 5.92 Å². The van der Waals surface area contributed by atoms with Crippen LogP contribution in [0, 0.1) is 12.8 Å². The Kier molecular flexibility index (Phi) is 6.01. The smallest absolute Gasteiger partial charge is 0.327 e. The zero-order chi connectivity index (χ0) is 23.8. The highest BCUT2D eigenvalue weighted by molar-refractivity contribution is 6.03. The summed E-state index contributed by atoms with van der Waals surface area (Å²) < 4.78 is 14.5. The molecule has 0 aromatic carbocycles. The van der Waals surface area contributed by atoms with Gasteiger partial charge in [-0.05, 0) is 63.4 Å². The van der Waals surface area contributed by atoms with Gasteiger partial charge in [-0.2, -0.15) is 0 Å². The average molecular weight is 449 g/mol. The molecule has 1 aliphatic heterocycles. The summed E-state index contributed by atoms with van der Waals surface area (Å²) in [4.78, 5) is 28.3. The van der Waals surface area contributed by atoms with Crippen molar-refractivity contribution < 1.29 is 9.18 Å². The van der Waals surface area contributed by atoms with Gasteiger partial charge in [-0.3, -0.25) is 14.9 Å². The van der Waals surface area contributed by atoms with E-state index in [0.29, 0.717) is 34.9 Å². The van der Waals surface area contributed by atoms with E-state index >= 15 is 0 Å². The third-order valence-electron chi connectivity index (χ3n) is 6.01. The first kappa shape index (κ1) is 22.6. The molecule has 0 unspecified atom stereocenters. The number of carbonyl (C=O) groups excluding carboxylic acids is 1. The van der Waals surface area contributed by atoms with E-state index < -0.39 is 5.67 Å². The first-order chi connectivity index (χ1) is 15.6. The molecular weight excluding hydrogens is 419 g/mol. The molecule has 0 saturated carbocycles. The third-order valence-corrected chi connectivity index (χ3v) is 6.01. The number of aromatic nitrogens is 3. The zero-order valence-corrected chi connectivity index (χ0v) is 19.6. The fraction of sp³-hybridized carbons (Fsp3) is 0.360. The molecule has 2 amide bonds. The van der Waals surface area contributed by atoms with Crippen LogP contribution in [0.2, 0.25) is 0 Å². The Hall–Kier alpha value is -3.55. The van der Waals surface area contributed by atoms with Crippen LogP contribution in [-0.2, 0) is 5.67 Å². The van der Waals surface area contributed by atoms with Gasteiger partial charge >= 0.3 is 6.03 Å². The Morgan fingerprint density at radius 1 is 1.15 bits per heavy atom. The van der Waals surface area contributed by atoms with Crippen LogP contribution in [0.1, 0.15) is 38.8 Å². The van der Waals surface area contributed by atoms with Crippen molar-refractivity contribution in [3.8, 4) is 11.3 Å². The second kappa shape index (κ2) is 8.77. The predicted molar refractivity (Wildman–Crippen MR) is 129 cm³/mol. The number of amides is 2. The minimum Gasteiger partial charge on any atom is -0.382 e. The molecule has 0 aliphatic carbocycles. The van der Waals surface area contributed by atoms with E-state index in [1.54, 1.807) is 29.6 Å². The molecule has 0 fully saturated rings. The molecule has 3 aromatic heterocycles. The molecule has 172 valence electrons. The maximum atomic E-state index is 14.5. The Balaban J connectivity index is 1.75. The second-order valence-electron chi connectivity index (χ2n) is 9.15. The third kappa shape index (κ3) is 4.79. The van der Waals surface area contributed by atoms with Crippen molar-refractivity contribution in [2.45, 2.75) is 46.3 Å². The number of anilines is 3. The number of nitrogens with one attached hydrogen (secondary N) is 2. The van der Waals surface area contributed by atoms with Gasteiger partial charge in [0.15, 0.2) is 5.82 Å². The number of alkyl halides is 1. The summed E-state index contributed by atoms with van der Waals surface area (Å²) in [6, 6.07) is 6.99. The summed E-state index contributed by atoms with van der Waals surface area (Å²) in [6.45, 7) is 9.73. The van der Waals surface area contributed by atoms with Gasteiger partial charge in [0.2, 0.25) is 0 Å². The van der Waals surface area contributed by atoms with E-state index in [1.165, 1.54) is 20.0 Å². The zero-order valence-electron chi connectivity index (χ0n) is 19.6. The summed E-state index contributed by atoms with van der Waals surface area (Å²) in [6.07, 6.45) is 6.53. The molecule has 7 nitrogen and oxygen atoms in total. The lowest BCUT2D eigenvalue weighted by atomic mass is 10.00. The normalized spacial score (nSPS) is 18.2. The van der Waals surface area contributed by atoms with Crippen LogP contribution in [0.5, 0.6) is 0 Å². The first-order valence-electron chi connectivity index (χ1n) is 11.0. The van der Waals surface area contributed by atoms with Crippen LogP contribution in [0.15, 0.2) is 49.1 Å². The van der Waals surface area contributed by atoms with Gasteiger partial charge < -0.3 is 10.6 Å². The second-order valence-corrected chi connectivity index (χ2v) is 9.15. The van der Waals surface area contributed by atoms with E-state index in [-0.39, 0.29) is 18.0 Å². The summed E-state index contributed by atoms with van der Waals surface area (Å²) in [5.74, 6) is 0.703. The molecule has 8 heteroatoms. The largest absolute Gasteiger partial charge is 0.382 e. The van der Waals surface area contributed by atoms with Gasteiger partial charge in [-0.25, -0.2) is 14.2 Å². The minimum absolute atomic E-state index is 0.117. The van der Waals surface area contributed by atoms with Gasteiger partial charge in [0.1, 0.15) is 5.67 Å². The SMILES string of the molecule is Cc1cncc(NC(=O)N2c3nc(-c4cncc(C(C)(C)F)c4)ccc3NC[C@@H](C)[C@H]2C)c1. The number of aryl methyl sites for hydroxylation is 1. The van der Waals surface area contributed by atoms with Gasteiger partial charge in [0.05, 0.1) is 23.3 Å². The number of nitrogens with zero attached hydrogens (tertiary/aromatic N) is 4. The lowest BCUT2D eigenvalue weighted by Crippen LogP contribution is -2.45. The van der Waals surface area contributed by atoms with E-state index in [9.17, 15) is 9.18 Å². The Labute approximate surface area is 193 Å². The lowest BCUT2D eigenvalue weighted by Gasteiger charge is -2.30. The molecular formula is C25H29FN6O. The van der Waals surface area contributed by atoms with Crippen molar-refractivity contribution in [3.63, 3.8) is 0 Å². The minimum atomic E-state index is -1.52. The maximum Gasteiger partial charge on any atom is 0.327 e. The lowest BCUT2D eigenvalue weighted by molar-refractivity contribution is 0.221. The molecule has 2 atom stereocenters. The van der Waals surface area contributed by atoms with Crippen LogP contribution in [0.25, 0.3) is 11.3 Å². The molecule has 0 bridgehead atoms.